The second-order valence-corrected chi connectivity index (χ2v) is 40.4. The molecular formula is C114H77BN6Si2. The van der Waals surface area contributed by atoms with E-state index < -0.39 is 16.1 Å². The zero-order valence-electron chi connectivity index (χ0n) is 67.2. The van der Waals surface area contributed by atoms with Gasteiger partial charge in [-0.05, 0) is 155 Å². The number of aromatic nitrogens is 4. The molecule has 4 aromatic heterocycles. The highest BCUT2D eigenvalue weighted by Crippen LogP contribution is 2.49. The van der Waals surface area contributed by atoms with Crippen LogP contribution in [0.4, 0.5) is 34.1 Å². The minimum absolute atomic E-state index is 0.299. The Morgan fingerprint density at radius 1 is 0.171 bits per heavy atom. The monoisotopic (exact) mass is 1600 g/mol. The SMILES string of the molecule is c1ccc([Si](c2ccccc2)(c2ccccc2)c2ccccc2N2c3cc(-n4c5ccccc5c5cccc(-n6c7ccccc7c7ccccc76)c54)ccc3B3c4ccc(-n5c6ccccc6c6cccc(-n7c8ccccc8c8ccccc87)c65)cc4N(c4ccccc4[Si](c4ccccc4)(c4ccccc4)c4ccccc4)c4cccc2c43)cc1. The van der Waals surface area contributed by atoms with E-state index in [0.29, 0.717) is 0 Å². The molecule has 6 heterocycles. The van der Waals surface area contributed by atoms with Gasteiger partial charge >= 0.3 is 0 Å². The van der Waals surface area contributed by atoms with Crippen molar-refractivity contribution >= 4 is 202 Å². The van der Waals surface area contributed by atoms with Crippen molar-refractivity contribution in [2.75, 3.05) is 9.80 Å². The van der Waals surface area contributed by atoms with Crippen LogP contribution in [-0.2, 0) is 0 Å². The molecule has 6 nitrogen and oxygen atoms in total. The van der Waals surface area contributed by atoms with E-state index >= 15 is 0 Å². The smallest absolute Gasteiger partial charge is 0.252 e. The average Bonchev–Trinajstić information content (AvgIpc) is 0.989. The Morgan fingerprint density at radius 2 is 0.407 bits per heavy atom. The van der Waals surface area contributed by atoms with Gasteiger partial charge in [-0.25, -0.2) is 0 Å². The summed E-state index contributed by atoms with van der Waals surface area (Å²) in [6.45, 7) is -0.299. The van der Waals surface area contributed by atoms with Crippen LogP contribution in [0.1, 0.15) is 0 Å². The summed E-state index contributed by atoms with van der Waals surface area (Å²) in [6.07, 6.45) is 0. The van der Waals surface area contributed by atoms with Crippen LogP contribution >= 0.6 is 0 Å². The Kier molecular flexibility index (Phi) is 16.1. The summed E-state index contributed by atoms with van der Waals surface area (Å²) in [5.41, 5.74) is 23.9. The van der Waals surface area contributed by atoms with E-state index in [1.807, 2.05) is 0 Å². The largest absolute Gasteiger partial charge is 0.311 e. The summed E-state index contributed by atoms with van der Waals surface area (Å²) in [5.74, 6) is 0. The zero-order valence-corrected chi connectivity index (χ0v) is 69.2. The summed E-state index contributed by atoms with van der Waals surface area (Å²) in [6, 6.07) is 178. The fourth-order valence-corrected chi connectivity index (χ4v) is 31.9. The molecule has 2 aliphatic heterocycles. The summed E-state index contributed by atoms with van der Waals surface area (Å²) < 4.78 is 10.2. The van der Waals surface area contributed by atoms with Crippen LogP contribution in [0, 0.1) is 0 Å². The molecule has 0 aliphatic carbocycles. The fraction of sp³-hybridized carbons (Fsp3) is 0. The third kappa shape index (κ3) is 10.3. The van der Waals surface area contributed by atoms with Crippen LogP contribution < -0.4 is 67.7 Å². The van der Waals surface area contributed by atoms with Gasteiger partial charge in [-0.3, -0.25) is 0 Å². The molecule has 0 fully saturated rings. The first-order valence-corrected chi connectivity index (χ1v) is 46.7. The molecule has 574 valence electrons. The lowest BCUT2D eigenvalue weighted by molar-refractivity contribution is 1.13. The molecular weight excluding hydrogens is 1520 g/mol. The molecule has 9 heteroatoms. The van der Waals surface area contributed by atoms with Crippen molar-refractivity contribution in [3.63, 3.8) is 0 Å². The maximum absolute atomic E-state index is 3.35. The molecule has 0 saturated heterocycles. The predicted molar refractivity (Wildman–Crippen MR) is 525 cm³/mol. The molecule has 2 aliphatic rings. The number of hydrogen-bond donors (Lipinski definition) is 0. The van der Waals surface area contributed by atoms with Gasteiger partial charge in [-0.2, -0.15) is 0 Å². The molecule has 0 atom stereocenters. The predicted octanol–water partition coefficient (Wildman–Crippen LogP) is 20.9. The number of hydrogen-bond acceptors (Lipinski definition) is 2. The van der Waals surface area contributed by atoms with Gasteiger partial charge in [-0.1, -0.05) is 370 Å². The minimum Gasteiger partial charge on any atom is -0.311 e. The number of anilines is 6. The van der Waals surface area contributed by atoms with Crippen LogP contribution in [-0.4, -0.2) is 41.1 Å². The number of benzene rings is 19. The lowest BCUT2D eigenvalue weighted by Crippen LogP contribution is -2.75. The molecule has 0 bridgehead atoms. The van der Waals surface area contributed by atoms with Gasteiger partial charge in [0.2, 0.25) is 0 Å². The van der Waals surface area contributed by atoms with Gasteiger partial charge in [0.25, 0.3) is 6.71 Å². The van der Waals surface area contributed by atoms with Gasteiger partial charge < -0.3 is 28.1 Å². The molecule has 0 radical (unpaired) electrons. The molecule has 25 rings (SSSR count). The number of nitrogens with zero attached hydrogens (tertiary/aromatic N) is 6. The maximum Gasteiger partial charge on any atom is 0.252 e. The lowest BCUT2D eigenvalue weighted by Gasteiger charge is -2.46. The quantitative estimate of drug-likeness (QED) is 0.0801. The van der Waals surface area contributed by atoms with Crippen LogP contribution in [0.25, 0.3) is 110 Å². The van der Waals surface area contributed by atoms with Gasteiger partial charge in [0.15, 0.2) is 16.1 Å². The first-order chi connectivity index (χ1) is 61.1. The topological polar surface area (TPSA) is 26.2 Å². The highest BCUT2D eigenvalue weighted by molar-refractivity contribution is 7.21. The summed E-state index contributed by atoms with van der Waals surface area (Å²) in [4.78, 5) is 5.44. The van der Waals surface area contributed by atoms with E-state index in [0.717, 1.165) is 101 Å². The average molecular weight is 1600 g/mol. The molecule has 19 aromatic carbocycles. The zero-order chi connectivity index (χ0) is 80.9. The third-order valence-corrected chi connectivity index (χ3v) is 36.5. The molecule has 0 amide bonds. The van der Waals surface area contributed by atoms with E-state index in [4.69, 9.17) is 0 Å². The standard InChI is InChI=1S/C114H77BN6Si2/c1-7-38-80(39-8-1)122(81-40-9-2-10-41-81,82-42-11-3-12-43-82)110-70-33-31-64-102(110)120-104-66-37-67-105-112(104)115(94-74-72-78(76-108(94)120)116-96-58-25-23-54-90(96)92-56-35-68-106(113(92)116)118-98-60-27-19-50-86(98)87-51-20-28-61-99(87)118)95-75-73-79(117-97-59-26-24-55-91(97)93-57-36-69-107(114(93)117)119-100-62-29-21-52-88(100)89-53-22-30-63-101(89)119)77-109(95)121(105)103-65-32-34-71-111(103)123(83-44-13-4-14-45-83,84-46-15-5-16-47-84)85-48-17-6-18-49-85/h1-77H. The Morgan fingerprint density at radius 3 is 0.724 bits per heavy atom. The van der Waals surface area contributed by atoms with Gasteiger partial charge in [-0.15, -0.1) is 0 Å². The van der Waals surface area contributed by atoms with Crippen molar-refractivity contribution in [3.8, 4) is 22.7 Å². The molecule has 0 unspecified atom stereocenters. The van der Waals surface area contributed by atoms with Crippen LogP contribution in [0.5, 0.6) is 0 Å². The van der Waals surface area contributed by atoms with Crippen molar-refractivity contribution in [1.29, 1.82) is 0 Å². The molecule has 123 heavy (non-hydrogen) atoms. The van der Waals surface area contributed by atoms with E-state index in [1.165, 1.54) is 101 Å². The van der Waals surface area contributed by atoms with Crippen molar-refractivity contribution in [1.82, 2.24) is 18.3 Å². The Labute approximate surface area is 714 Å². The number of rotatable bonds is 14. The van der Waals surface area contributed by atoms with Crippen molar-refractivity contribution in [2.24, 2.45) is 0 Å². The van der Waals surface area contributed by atoms with Gasteiger partial charge in [0.05, 0.1) is 55.5 Å². The van der Waals surface area contributed by atoms with Gasteiger partial charge in [0, 0.05) is 88.6 Å². The second-order valence-electron chi connectivity index (χ2n) is 32.8. The Balaban J connectivity index is 0.817. The Hall–Kier alpha value is -15.5. The van der Waals surface area contributed by atoms with E-state index in [2.05, 4.69) is 495 Å². The van der Waals surface area contributed by atoms with E-state index in [-0.39, 0.29) is 6.71 Å². The van der Waals surface area contributed by atoms with Crippen LogP contribution in [0.15, 0.2) is 467 Å². The first-order valence-electron chi connectivity index (χ1n) is 42.7. The maximum atomic E-state index is 2.72. The summed E-state index contributed by atoms with van der Waals surface area (Å²) >= 11 is 0. The summed E-state index contributed by atoms with van der Waals surface area (Å²) in [5, 5.41) is 20.0. The van der Waals surface area contributed by atoms with Crippen LogP contribution in [0.2, 0.25) is 0 Å². The highest BCUT2D eigenvalue weighted by Gasteiger charge is 2.50. The highest BCUT2D eigenvalue weighted by atomic mass is 28.3. The number of para-hydroxylation sites is 10. The Bertz CT molecular complexity index is 7390. The third-order valence-electron chi connectivity index (χ3n) is 26.8. The van der Waals surface area contributed by atoms with E-state index in [1.54, 1.807) is 0 Å². The molecule has 23 aromatic rings. The molecule has 0 N–H and O–H groups in total. The number of fused-ring (bicyclic) bond motifs is 16. The normalized spacial score (nSPS) is 12.7. The molecule has 0 spiro atoms. The van der Waals surface area contributed by atoms with Crippen molar-refractivity contribution in [3.05, 3.63) is 467 Å². The summed E-state index contributed by atoms with van der Waals surface area (Å²) in [7, 11) is -6.70. The lowest BCUT2D eigenvalue weighted by atomic mass is 9.33. The van der Waals surface area contributed by atoms with Crippen LogP contribution in [0.3, 0.4) is 0 Å². The first kappa shape index (κ1) is 70.5. The minimum atomic E-state index is -3.35. The van der Waals surface area contributed by atoms with Gasteiger partial charge in [0.1, 0.15) is 0 Å². The van der Waals surface area contributed by atoms with Crippen molar-refractivity contribution < 1.29 is 0 Å². The second kappa shape index (κ2) is 28.1. The van der Waals surface area contributed by atoms with E-state index in [9.17, 15) is 0 Å². The molecule has 0 saturated carbocycles. The van der Waals surface area contributed by atoms with Crippen molar-refractivity contribution in [2.45, 2.75) is 0 Å². The fourth-order valence-electron chi connectivity index (χ4n) is 22.0.